The van der Waals surface area contributed by atoms with E-state index in [2.05, 4.69) is 0 Å². The maximum Gasteiger partial charge on any atom is 0.137 e. The van der Waals surface area contributed by atoms with Crippen LogP contribution in [0.5, 0.6) is 0 Å². The average molecular weight is 137 g/mol. The molecule has 0 aliphatic heterocycles. The molecule has 0 bridgehead atoms. The van der Waals surface area contributed by atoms with Crippen molar-refractivity contribution >= 4 is 11.5 Å². The number of Topliss-reactive ketones (excluding diaryl/α,β-unsaturated/α-hetero) is 1. The fourth-order valence-corrected chi connectivity index (χ4v) is 1.11. The largest absolute Gasteiger partial charge is 0.305 e. The lowest BCUT2D eigenvalue weighted by Crippen LogP contribution is -2.15. The van der Waals surface area contributed by atoms with Crippen molar-refractivity contribution in [3.63, 3.8) is 0 Å². The second kappa shape index (κ2) is 2.78. The van der Waals surface area contributed by atoms with E-state index in [1.165, 1.54) is 0 Å². The minimum atomic E-state index is 0.268. The van der Waals surface area contributed by atoms with Crippen molar-refractivity contribution in [3.05, 3.63) is 11.6 Å². The predicted molar refractivity (Wildman–Crippen MR) is 40.3 cm³/mol. The Labute approximate surface area is 60.4 Å². The van der Waals surface area contributed by atoms with Gasteiger partial charge in [0.05, 0.1) is 0 Å². The van der Waals surface area contributed by atoms with Gasteiger partial charge in [0.25, 0.3) is 0 Å². The van der Waals surface area contributed by atoms with Crippen LogP contribution in [0, 0.1) is 5.41 Å². The highest BCUT2D eigenvalue weighted by molar-refractivity contribution is 6.06. The van der Waals surface area contributed by atoms with Crippen molar-refractivity contribution in [2.45, 2.75) is 26.2 Å². The molecule has 1 aliphatic rings. The van der Waals surface area contributed by atoms with Gasteiger partial charge < -0.3 is 5.41 Å². The van der Waals surface area contributed by atoms with Crippen LogP contribution in [0.25, 0.3) is 0 Å². The molecule has 0 amide bonds. The number of carbonyl (C=O) groups excluding carboxylic acids is 1. The molecule has 1 N–H and O–H groups in total. The van der Waals surface area contributed by atoms with Gasteiger partial charge in [0, 0.05) is 18.6 Å². The molecular weight excluding hydrogens is 126 g/mol. The first-order chi connectivity index (χ1) is 4.74. The van der Waals surface area contributed by atoms with Crippen LogP contribution in [0.3, 0.4) is 0 Å². The fourth-order valence-electron chi connectivity index (χ4n) is 1.11. The summed E-state index contributed by atoms with van der Waals surface area (Å²) in [5, 5.41) is 7.42. The van der Waals surface area contributed by atoms with E-state index in [1.807, 2.05) is 13.0 Å². The molecule has 0 saturated heterocycles. The number of nitrogens with one attached hydrogen (secondary N) is 1. The summed E-state index contributed by atoms with van der Waals surface area (Å²) < 4.78 is 0. The van der Waals surface area contributed by atoms with Crippen molar-refractivity contribution < 1.29 is 4.79 Å². The van der Waals surface area contributed by atoms with Gasteiger partial charge in [-0.2, -0.15) is 0 Å². The van der Waals surface area contributed by atoms with E-state index in [1.54, 1.807) is 0 Å². The lowest BCUT2D eigenvalue weighted by atomic mass is 9.92. The summed E-state index contributed by atoms with van der Waals surface area (Å²) >= 11 is 0. The molecule has 54 valence electrons. The molecule has 0 heterocycles. The number of ketones is 1. The first-order valence-electron chi connectivity index (χ1n) is 3.48. The molecule has 0 spiro atoms. The Bertz CT molecular complexity index is 203. The van der Waals surface area contributed by atoms with E-state index in [4.69, 9.17) is 5.41 Å². The monoisotopic (exact) mass is 137 g/mol. The minimum absolute atomic E-state index is 0.268. The van der Waals surface area contributed by atoms with Crippen molar-refractivity contribution in [1.29, 1.82) is 5.41 Å². The van der Waals surface area contributed by atoms with E-state index in [-0.39, 0.29) is 5.78 Å². The van der Waals surface area contributed by atoms with Crippen LogP contribution in [-0.4, -0.2) is 11.5 Å². The van der Waals surface area contributed by atoms with Gasteiger partial charge in [-0.15, -0.1) is 0 Å². The summed E-state index contributed by atoms with van der Waals surface area (Å²) in [5.41, 5.74) is 1.55. The van der Waals surface area contributed by atoms with E-state index in [0.29, 0.717) is 25.0 Å². The van der Waals surface area contributed by atoms with Gasteiger partial charge in [0.1, 0.15) is 5.78 Å². The summed E-state index contributed by atoms with van der Waals surface area (Å²) in [6.07, 6.45) is 3.55. The average Bonchev–Trinajstić information content (AvgIpc) is 1.94. The van der Waals surface area contributed by atoms with Crippen molar-refractivity contribution in [2.24, 2.45) is 0 Å². The lowest BCUT2D eigenvalue weighted by molar-refractivity contribution is -0.118. The molecule has 1 aliphatic carbocycles. The number of hydrogen-bond acceptors (Lipinski definition) is 2. The van der Waals surface area contributed by atoms with Crippen LogP contribution in [0.4, 0.5) is 0 Å². The second-order valence-electron chi connectivity index (χ2n) is 2.51. The van der Waals surface area contributed by atoms with Gasteiger partial charge in [-0.05, 0) is 18.9 Å². The molecule has 1 rings (SSSR count). The normalized spacial score (nSPS) is 23.9. The van der Waals surface area contributed by atoms with Crippen LogP contribution in [0.2, 0.25) is 0 Å². The molecule has 1 saturated carbocycles. The lowest BCUT2D eigenvalue weighted by Gasteiger charge is -2.13. The highest BCUT2D eigenvalue weighted by Gasteiger charge is 2.16. The Morgan fingerprint density at radius 2 is 2.20 bits per heavy atom. The Kier molecular flexibility index (Phi) is 2.00. The molecule has 0 unspecified atom stereocenters. The highest BCUT2D eigenvalue weighted by Crippen LogP contribution is 2.16. The van der Waals surface area contributed by atoms with E-state index >= 15 is 0 Å². The van der Waals surface area contributed by atoms with Gasteiger partial charge in [-0.25, -0.2) is 0 Å². The second-order valence-corrected chi connectivity index (χ2v) is 2.51. The third kappa shape index (κ3) is 1.32. The standard InChI is InChI=1S/C8H11NO/c1-2-6-5-7(10)3-4-8(6)9/h2,9H,3-5H2,1H3/b6-2-,9-8?. The molecule has 1 fully saturated rings. The molecule has 2 heteroatoms. The van der Waals surface area contributed by atoms with Gasteiger partial charge in [0.15, 0.2) is 0 Å². The van der Waals surface area contributed by atoms with Gasteiger partial charge >= 0.3 is 0 Å². The van der Waals surface area contributed by atoms with Crippen LogP contribution in [-0.2, 0) is 4.79 Å². The van der Waals surface area contributed by atoms with Crippen molar-refractivity contribution in [3.8, 4) is 0 Å². The third-order valence-electron chi connectivity index (χ3n) is 1.78. The SMILES string of the molecule is C/C=C1/CC(=O)CCC1=N. The molecule has 0 atom stereocenters. The van der Waals surface area contributed by atoms with E-state index < -0.39 is 0 Å². The Morgan fingerprint density at radius 3 is 2.70 bits per heavy atom. The van der Waals surface area contributed by atoms with Crippen LogP contribution >= 0.6 is 0 Å². The van der Waals surface area contributed by atoms with Crippen molar-refractivity contribution in [2.75, 3.05) is 0 Å². The summed E-state index contributed by atoms with van der Waals surface area (Å²) in [5.74, 6) is 0.268. The molecule has 0 aromatic heterocycles. The quantitative estimate of drug-likeness (QED) is 0.542. The van der Waals surface area contributed by atoms with Crippen LogP contribution in [0.15, 0.2) is 11.6 Å². The Balaban J connectivity index is 2.72. The fraction of sp³-hybridized carbons (Fsp3) is 0.500. The summed E-state index contributed by atoms with van der Waals surface area (Å²) in [6.45, 7) is 1.88. The maximum absolute atomic E-state index is 10.8. The summed E-state index contributed by atoms with van der Waals surface area (Å²) in [4.78, 5) is 10.8. The topological polar surface area (TPSA) is 40.9 Å². The predicted octanol–water partition coefficient (Wildman–Crippen LogP) is 1.71. The van der Waals surface area contributed by atoms with E-state index in [0.717, 1.165) is 5.57 Å². The smallest absolute Gasteiger partial charge is 0.137 e. The zero-order valence-corrected chi connectivity index (χ0v) is 6.11. The maximum atomic E-state index is 10.8. The summed E-state index contributed by atoms with van der Waals surface area (Å²) in [6, 6.07) is 0. The van der Waals surface area contributed by atoms with Crippen LogP contribution < -0.4 is 0 Å². The molecule has 10 heavy (non-hydrogen) atoms. The molecule has 0 radical (unpaired) electrons. The number of allylic oxidation sites excluding steroid dienone is 2. The van der Waals surface area contributed by atoms with Crippen molar-refractivity contribution in [1.82, 2.24) is 0 Å². The number of carbonyl (C=O) groups is 1. The highest BCUT2D eigenvalue weighted by atomic mass is 16.1. The van der Waals surface area contributed by atoms with Gasteiger partial charge in [-0.3, -0.25) is 4.79 Å². The Hall–Kier alpha value is -0.920. The molecular formula is C8H11NO. The van der Waals surface area contributed by atoms with Gasteiger partial charge in [-0.1, -0.05) is 6.08 Å². The minimum Gasteiger partial charge on any atom is -0.305 e. The number of rotatable bonds is 0. The van der Waals surface area contributed by atoms with E-state index in [9.17, 15) is 4.79 Å². The third-order valence-corrected chi connectivity index (χ3v) is 1.78. The zero-order chi connectivity index (χ0) is 7.56. The molecule has 0 aromatic carbocycles. The zero-order valence-electron chi connectivity index (χ0n) is 6.11. The summed E-state index contributed by atoms with van der Waals surface area (Å²) in [7, 11) is 0. The molecule has 0 aromatic rings. The molecule has 2 nitrogen and oxygen atoms in total. The number of hydrogen-bond donors (Lipinski definition) is 1. The first kappa shape index (κ1) is 7.19. The van der Waals surface area contributed by atoms with Crippen LogP contribution in [0.1, 0.15) is 26.2 Å². The first-order valence-corrected chi connectivity index (χ1v) is 3.48. The Morgan fingerprint density at radius 1 is 1.50 bits per heavy atom. The van der Waals surface area contributed by atoms with Gasteiger partial charge in [0.2, 0.25) is 0 Å².